The summed E-state index contributed by atoms with van der Waals surface area (Å²) in [7, 11) is 0. The third-order valence-corrected chi connectivity index (χ3v) is 5.03. The third-order valence-electron chi connectivity index (χ3n) is 5.03. The second kappa shape index (κ2) is 7.94. The molecule has 0 saturated heterocycles. The number of carbonyl (C=O) groups is 2. The van der Waals surface area contributed by atoms with E-state index in [1.54, 1.807) is 25.1 Å². The number of hydrogen-bond acceptors (Lipinski definition) is 3. The Balaban J connectivity index is 1.47. The Labute approximate surface area is 172 Å². The molecule has 2 heterocycles. The quantitative estimate of drug-likeness (QED) is 0.475. The Morgan fingerprint density at radius 2 is 1.83 bits per heavy atom. The van der Waals surface area contributed by atoms with Crippen LogP contribution in [0.5, 0.6) is 0 Å². The predicted molar refractivity (Wildman–Crippen MR) is 114 cm³/mol. The first-order valence-electron chi connectivity index (χ1n) is 9.63. The van der Waals surface area contributed by atoms with Gasteiger partial charge >= 0.3 is 0 Å². The van der Waals surface area contributed by atoms with Gasteiger partial charge in [-0.1, -0.05) is 30.3 Å². The lowest BCUT2D eigenvalue weighted by Crippen LogP contribution is -2.44. The number of aryl methyl sites for hydroxylation is 1. The van der Waals surface area contributed by atoms with E-state index in [2.05, 4.69) is 20.6 Å². The fourth-order valence-electron chi connectivity index (χ4n) is 3.40. The Bertz CT molecular complexity index is 1250. The minimum Gasteiger partial charge on any atom is -0.353 e. The van der Waals surface area contributed by atoms with Crippen molar-refractivity contribution in [3.05, 3.63) is 77.4 Å². The zero-order valence-electron chi connectivity index (χ0n) is 16.6. The SMILES string of the molecule is Cc1nc(C(=O)NC(C)C(=O)NCc2ccc(F)cc2)cc2c1[nH]c1ccccc12. The number of rotatable bonds is 5. The van der Waals surface area contributed by atoms with Crippen LogP contribution in [0.2, 0.25) is 0 Å². The highest BCUT2D eigenvalue weighted by atomic mass is 19.1. The number of fused-ring (bicyclic) bond motifs is 3. The molecule has 1 atom stereocenters. The number of hydrogen-bond donors (Lipinski definition) is 3. The number of H-pyrrole nitrogens is 1. The van der Waals surface area contributed by atoms with Crippen LogP contribution in [0.15, 0.2) is 54.6 Å². The van der Waals surface area contributed by atoms with Crippen molar-refractivity contribution < 1.29 is 14.0 Å². The summed E-state index contributed by atoms with van der Waals surface area (Å²) >= 11 is 0. The van der Waals surface area contributed by atoms with Crippen LogP contribution in [0.25, 0.3) is 21.8 Å². The number of halogens is 1. The molecule has 2 aromatic heterocycles. The van der Waals surface area contributed by atoms with E-state index in [0.29, 0.717) is 5.69 Å². The molecule has 6 nitrogen and oxygen atoms in total. The minimum atomic E-state index is -0.751. The number of nitrogens with one attached hydrogen (secondary N) is 3. The number of amides is 2. The molecule has 7 heteroatoms. The predicted octanol–water partition coefficient (Wildman–Crippen LogP) is 3.60. The minimum absolute atomic E-state index is 0.248. The lowest BCUT2D eigenvalue weighted by molar-refractivity contribution is -0.122. The van der Waals surface area contributed by atoms with Crippen molar-refractivity contribution in [2.75, 3.05) is 0 Å². The van der Waals surface area contributed by atoms with Gasteiger partial charge in [0.1, 0.15) is 17.6 Å². The van der Waals surface area contributed by atoms with Crippen LogP contribution < -0.4 is 10.6 Å². The van der Waals surface area contributed by atoms with Crippen molar-refractivity contribution in [3.8, 4) is 0 Å². The smallest absolute Gasteiger partial charge is 0.270 e. The van der Waals surface area contributed by atoms with E-state index in [4.69, 9.17) is 0 Å². The van der Waals surface area contributed by atoms with E-state index < -0.39 is 11.9 Å². The standard InChI is InChI=1S/C23H21FN4O2/c1-13-21-18(17-5-3-4-6-19(17)28-21)11-20(26-13)23(30)27-14(2)22(29)25-12-15-7-9-16(24)10-8-15/h3-11,14,28H,12H2,1-2H3,(H,25,29)(H,27,30). The number of benzene rings is 2. The molecule has 0 aliphatic rings. The largest absolute Gasteiger partial charge is 0.353 e. The van der Waals surface area contributed by atoms with Gasteiger partial charge in [-0.05, 0) is 43.7 Å². The topological polar surface area (TPSA) is 86.9 Å². The van der Waals surface area contributed by atoms with Gasteiger partial charge < -0.3 is 15.6 Å². The molecule has 0 aliphatic carbocycles. The molecule has 4 rings (SSSR count). The maximum absolute atomic E-state index is 13.0. The fraction of sp³-hybridized carbons (Fsp3) is 0.174. The van der Waals surface area contributed by atoms with Gasteiger partial charge in [0, 0.05) is 22.8 Å². The number of para-hydroxylation sites is 1. The molecule has 2 amide bonds. The lowest BCUT2D eigenvalue weighted by Gasteiger charge is -2.14. The molecule has 2 aromatic carbocycles. The van der Waals surface area contributed by atoms with Gasteiger partial charge in [-0.3, -0.25) is 9.59 Å². The molecule has 3 N–H and O–H groups in total. The fourth-order valence-corrected chi connectivity index (χ4v) is 3.40. The van der Waals surface area contributed by atoms with Crippen molar-refractivity contribution in [1.82, 2.24) is 20.6 Å². The summed E-state index contributed by atoms with van der Waals surface area (Å²) in [5.74, 6) is -1.09. The molecule has 0 bridgehead atoms. The highest BCUT2D eigenvalue weighted by Gasteiger charge is 2.19. The normalized spacial score (nSPS) is 12.1. The molecule has 0 spiro atoms. The van der Waals surface area contributed by atoms with Gasteiger partial charge in [-0.15, -0.1) is 0 Å². The first-order chi connectivity index (χ1) is 14.4. The second-order valence-electron chi connectivity index (χ2n) is 7.23. The van der Waals surface area contributed by atoms with Gasteiger partial charge in [0.05, 0.1) is 11.2 Å². The molecule has 0 saturated carbocycles. The van der Waals surface area contributed by atoms with E-state index in [-0.39, 0.29) is 24.0 Å². The third kappa shape index (κ3) is 3.87. The van der Waals surface area contributed by atoms with Crippen LogP contribution in [0, 0.1) is 12.7 Å². The molecule has 1 unspecified atom stereocenters. The van der Waals surface area contributed by atoms with Gasteiger partial charge in [-0.25, -0.2) is 9.37 Å². The average Bonchev–Trinajstić information content (AvgIpc) is 3.12. The van der Waals surface area contributed by atoms with E-state index in [1.165, 1.54) is 12.1 Å². The molecule has 0 fully saturated rings. The van der Waals surface area contributed by atoms with Gasteiger partial charge in [0.2, 0.25) is 5.91 Å². The molecule has 152 valence electrons. The summed E-state index contributed by atoms with van der Waals surface area (Å²) in [5.41, 5.74) is 3.59. The summed E-state index contributed by atoms with van der Waals surface area (Å²) in [4.78, 5) is 32.8. The first kappa shape index (κ1) is 19.6. The van der Waals surface area contributed by atoms with Crippen molar-refractivity contribution >= 4 is 33.6 Å². The van der Waals surface area contributed by atoms with Crippen LogP contribution in [-0.4, -0.2) is 27.8 Å². The van der Waals surface area contributed by atoms with Crippen LogP contribution in [0.1, 0.15) is 28.7 Å². The van der Waals surface area contributed by atoms with Crippen LogP contribution in [0.3, 0.4) is 0 Å². The summed E-state index contributed by atoms with van der Waals surface area (Å²) in [6.07, 6.45) is 0. The molecular formula is C23H21FN4O2. The lowest BCUT2D eigenvalue weighted by atomic mass is 10.1. The van der Waals surface area contributed by atoms with Gasteiger partial charge in [0.15, 0.2) is 0 Å². The monoisotopic (exact) mass is 404 g/mol. The van der Waals surface area contributed by atoms with Crippen molar-refractivity contribution in [2.45, 2.75) is 26.4 Å². The zero-order valence-corrected chi connectivity index (χ0v) is 16.6. The summed E-state index contributed by atoms with van der Waals surface area (Å²) in [6.45, 7) is 3.69. The maximum atomic E-state index is 13.0. The Kier molecular flexibility index (Phi) is 5.18. The van der Waals surface area contributed by atoms with Crippen molar-refractivity contribution in [2.24, 2.45) is 0 Å². The average molecular weight is 404 g/mol. The zero-order chi connectivity index (χ0) is 21.3. The Morgan fingerprint density at radius 1 is 1.10 bits per heavy atom. The van der Waals surface area contributed by atoms with E-state index in [0.717, 1.165) is 27.4 Å². The maximum Gasteiger partial charge on any atom is 0.270 e. The Hall–Kier alpha value is -3.74. The van der Waals surface area contributed by atoms with E-state index in [9.17, 15) is 14.0 Å². The van der Waals surface area contributed by atoms with E-state index >= 15 is 0 Å². The highest BCUT2D eigenvalue weighted by molar-refractivity contribution is 6.10. The summed E-state index contributed by atoms with van der Waals surface area (Å²) < 4.78 is 13.0. The summed E-state index contributed by atoms with van der Waals surface area (Å²) in [5, 5.41) is 7.35. The van der Waals surface area contributed by atoms with E-state index in [1.807, 2.05) is 31.2 Å². The molecular weight excluding hydrogens is 383 g/mol. The van der Waals surface area contributed by atoms with Gasteiger partial charge in [0.25, 0.3) is 5.91 Å². The molecule has 30 heavy (non-hydrogen) atoms. The molecule has 0 aliphatic heterocycles. The number of aromatic amines is 1. The Morgan fingerprint density at radius 3 is 2.60 bits per heavy atom. The molecule has 4 aromatic rings. The number of nitrogens with zero attached hydrogens (tertiary/aromatic N) is 1. The molecule has 0 radical (unpaired) electrons. The van der Waals surface area contributed by atoms with Crippen molar-refractivity contribution in [3.63, 3.8) is 0 Å². The first-order valence-corrected chi connectivity index (χ1v) is 9.63. The van der Waals surface area contributed by atoms with Crippen molar-refractivity contribution in [1.29, 1.82) is 0 Å². The van der Waals surface area contributed by atoms with Crippen LogP contribution in [0.4, 0.5) is 4.39 Å². The number of pyridine rings is 1. The highest BCUT2D eigenvalue weighted by Crippen LogP contribution is 2.27. The number of carbonyl (C=O) groups excluding carboxylic acids is 2. The summed E-state index contributed by atoms with van der Waals surface area (Å²) in [6, 6.07) is 14.7. The number of aromatic nitrogens is 2. The van der Waals surface area contributed by atoms with Gasteiger partial charge in [-0.2, -0.15) is 0 Å². The second-order valence-corrected chi connectivity index (χ2v) is 7.23. The van der Waals surface area contributed by atoms with Crippen LogP contribution >= 0.6 is 0 Å². The van der Waals surface area contributed by atoms with Crippen LogP contribution in [-0.2, 0) is 11.3 Å².